The third-order valence-electron chi connectivity index (χ3n) is 4.99. The molecule has 1 amide bonds. The molecule has 2 aromatic carbocycles. The van der Waals surface area contributed by atoms with Crippen LogP contribution in [0.3, 0.4) is 0 Å². The van der Waals surface area contributed by atoms with Crippen LogP contribution in [0.4, 0.5) is 15.5 Å². The molecule has 0 radical (unpaired) electrons. The van der Waals surface area contributed by atoms with Gasteiger partial charge >= 0.3 is 0 Å². The van der Waals surface area contributed by atoms with Gasteiger partial charge in [-0.15, -0.1) is 20.6 Å². The molecule has 0 aliphatic carbocycles. The molecule has 0 atom stereocenters. The molecule has 4 rings (SSSR count). The Kier molecular flexibility index (Phi) is 4.62. The van der Waals surface area contributed by atoms with Crippen LogP contribution >= 0.6 is 9.84 Å². The molecule has 1 aliphatic heterocycles. The first kappa shape index (κ1) is 21.2. The summed E-state index contributed by atoms with van der Waals surface area (Å²) in [6, 6.07) is 14.6. The number of ether oxygens (including phenoxy) is 1. The number of nitrogens with zero attached hydrogens (tertiary/aromatic N) is 3. The van der Waals surface area contributed by atoms with E-state index >= 15 is 0 Å². The van der Waals surface area contributed by atoms with Crippen LogP contribution in [-0.2, 0) is 19.7 Å². The molecule has 0 saturated carbocycles. The molecule has 166 valence electrons. The summed E-state index contributed by atoms with van der Waals surface area (Å²) in [7, 11) is -8.27. The molecule has 0 bridgehead atoms. The molecule has 1 aliphatic rings. The number of hydrogen-bond donors (Lipinski definition) is 0. The van der Waals surface area contributed by atoms with Crippen LogP contribution < -0.4 is 4.74 Å². The van der Waals surface area contributed by atoms with Gasteiger partial charge in [0.15, 0.2) is 9.84 Å². The summed E-state index contributed by atoms with van der Waals surface area (Å²) in [5, 5.41) is 4.38. The van der Waals surface area contributed by atoms with E-state index in [0.29, 0.717) is 37.7 Å². The molecule has 0 spiro atoms. The van der Waals surface area contributed by atoms with Crippen molar-refractivity contribution >= 4 is 15.7 Å². The third-order valence-corrected chi connectivity index (χ3v) is 6.44. The van der Waals surface area contributed by atoms with Crippen LogP contribution in [-0.4, -0.2) is 33.4 Å². The first-order valence-electron chi connectivity index (χ1n) is 9.51. The number of amides is 1. The molecule has 3 aromatic rings. The summed E-state index contributed by atoms with van der Waals surface area (Å²) in [6.45, 7) is 1.39. The molecule has 5 nitrogen and oxygen atoms in total. The molecule has 2 heterocycles. The minimum absolute atomic E-state index is 0.0686. The van der Waals surface area contributed by atoms with Gasteiger partial charge in [-0.05, 0) is 29.8 Å². The summed E-state index contributed by atoms with van der Waals surface area (Å²) >= 11 is 0. The van der Waals surface area contributed by atoms with Gasteiger partial charge in [-0.3, -0.25) is 9.48 Å². The summed E-state index contributed by atoms with van der Waals surface area (Å²) in [5.74, 6) is 0.0125. The second-order valence-corrected chi connectivity index (χ2v) is 11.1. The zero-order chi connectivity index (χ0) is 22.3. The lowest BCUT2D eigenvalue weighted by Crippen LogP contribution is -2.38. The summed E-state index contributed by atoms with van der Waals surface area (Å²) < 4.78 is 61.6. The van der Waals surface area contributed by atoms with Crippen LogP contribution in [0.1, 0.15) is 21.6 Å². The highest BCUT2D eigenvalue weighted by molar-refractivity contribution is 8.49. The molecule has 1 aromatic heterocycles. The minimum atomic E-state index is -8.27. The molecular formula is C21H21F4N3O2S. The predicted octanol–water partition coefficient (Wildman–Crippen LogP) is 5.52. The van der Waals surface area contributed by atoms with Gasteiger partial charge < -0.3 is 9.64 Å². The number of benzene rings is 2. The van der Waals surface area contributed by atoms with Gasteiger partial charge in [0.1, 0.15) is 6.61 Å². The Bertz CT molecular complexity index is 1110. The Morgan fingerprint density at radius 1 is 1.03 bits per heavy atom. The Morgan fingerprint density at radius 3 is 2.35 bits per heavy atom. The Labute approximate surface area is 176 Å². The summed E-state index contributed by atoms with van der Waals surface area (Å²) in [6.07, 6.45) is -0.333. The number of hydrogen-bond acceptors (Lipinski definition) is 3. The zero-order valence-corrected chi connectivity index (χ0v) is 17.5. The van der Waals surface area contributed by atoms with Crippen LogP contribution in [0.15, 0.2) is 65.6 Å². The van der Waals surface area contributed by atoms with Crippen molar-refractivity contribution in [2.45, 2.75) is 24.6 Å². The lowest BCUT2D eigenvalue weighted by atomic mass is 10.2. The highest BCUT2D eigenvalue weighted by Gasteiger charge is 2.59. The zero-order valence-electron chi connectivity index (χ0n) is 16.7. The van der Waals surface area contributed by atoms with E-state index in [1.807, 2.05) is 30.3 Å². The van der Waals surface area contributed by atoms with Crippen molar-refractivity contribution in [2.75, 3.05) is 12.8 Å². The lowest BCUT2D eigenvalue weighted by molar-refractivity contribution is 0.0705. The highest BCUT2D eigenvalue weighted by atomic mass is 32.5. The van der Waals surface area contributed by atoms with Gasteiger partial charge in [0.25, 0.3) is 5.91 Å². The molecule has 0 N–H and O–H groups in total. The van der Waals surface area contributed by atoms with E-state index in [-0.39, 0.29) is 18.4 Å². The molecule has 0 unspecified atom stereocenters. The fourth-order valence-corrected chi connectivity index (χ4v) is 4.16. The highest BCUT2D eigenvalue weighted by Crippen LogP contribution is 2.98. The topological polar surface area (TPSA) is 47.4 Å². The van der Waals surface area contributed by atoms with E-state index in [1.165, 1.54) is 4.90 Å². The molecule has 10 heteroatoms. The second-order valence-electron chi connectivity index (χ2n) is 7.70. The van der Waals surface area contributed by atoms with Gasteiger partial charge in [0, 0.05) is 18.2 Å². The smallest absolute Gasteiger partial charge is 0.254 e. The third kappa shape index (κ3) is 4.84. The standard InChI is InChI=1S/C21H21F4N3O2S/c1-31(22,23,24,25)19-9-7-17(8-10-19)21(29)27-11-12-28-18(14-27)13-20(26-28)30-15-16-5-3-2-4-6-16/h2-10,13H,11-12,14-15H2,1H3. The van der Waals surface area contributed by atoms with Gasteiger partial charge in [-0.2, -0.15) is 0 Å². The average Bonchev–Trinajstić information content (AvgIpc) is 3.13. The normalized spacial score (nSPS) is 16.2. The first-order chi connectivity index (χ1) is 14.4. The summed E-state index contributed by atoms with van der Waals surface area (Å²) in [5.41, 5.74) is 1.83. The number of carbonyl (C=O) groups is 1. The quantitative estimate of drug-likeness (QED) is 0.476. The number of halogens is 4. The van der Waals surface area contributed by atoms with E-state index in [2.05, 4.69) is 5.10 Å². The van der Waals surface area contributed by atoms with E-state index < -0.39 is 20.6 Å². The Balaban J connectivity index is 1.44. The van der Waals surface area contributed by atoms with Gasteiger partial charge in [0.2, 0.25) is 5.88 Å². The van der Waals surface area contributed by atoms with Crippen LogP contribution in [0, 0.1) is 0 Å². The van der Waals surface area contributed by atoms with E-state index in [9.17, 15) is 20.3 Å². The number of aromatic nitrogens is 2. The van der Waals surface area contributed by atoms with Crippen molar-refractivity contribution in [1.82, 2.24) is 14.7 Å². The Morgan fingerprint density at radius 2 is 1.71 bits per heavy atom. The second kappa shape index (κ2) is 6.74. The van der Waals surface area contributed by atoms with Crippen LogP contribution in [0.5, 0.6) is 5.88 Å². The molecule has 0 saturated heterocycles. The van der Waals surface area contributed by atoms with Gasteiger partial charge in [-0.25, -0.2) is 0 Å². The molecular weight excluding hydrogens is 434 g/mol. The van der Waals surface area contributed by atoms with Crippen LogP contribution in [0.2, 0.25) is 0 Å². The molecule has 31 heavy (non-hydrogen) atoms. The molecule has 0 fully saturated rings. The van der Waals surface area contributed by atoms with Crippen molar-refractivity contribution in [3.05, 3.63) is 77.5 Å². The van der Waals surface area contributed by atoms with E-state index in [0.717, 1.165) is 23.4 Å². The van der Waals surface area contributed by atoms with Gasteiger partial charge in [-0.1, -0.05) is 30.3 Å². The fraction of sp³-hybridized carbons (Fsp3) is 0.238. The number of rotatable bonds is 5. The monoisotopic (exact) mass is 455 g/mol. The van der Waals surface area contributed by atoms with E-state index in [4.69, 9.17) is 4.74 Å². The fourth-order valence-electron chi connectivity index (χ4n) is 3.34. The minimum Gasteiger partial charge on any atom is -0.472 e. The number of fused-ring (bicyclic) bond motifs is 1. The maximum atomic E-state index is 13.5. The van der Waals surface area contributed by atoms with E-state index in [1.54, 1.807) is 10.7 Å². The lowest BCUT2D eigenvalue weighted by Gasteiger charge is -2.46. The van der Waals surface area contributed by atoms with Gasteiger partial charge in [0.05, 0.1) is 29.9 Å². The first-order valence-corrected chi connectivity index (χ1v) is 12.0. The average molecular weight is 455 g/mol. The van der Waals surface area contributed by atoms with Crippen LogP contribution in [0.25, 0.3) is 0 Å². The van der Waals surface area contributed by atoms with Crippen molar-refractivity contribution in [3.63, 3.8) is 0 Å². The summed E-state index contributed by atoms with van der Waals surface area (Å²) in [4.78, 5) is 12.9. The van der Waals surface area contributed by atoms with Crippen molar-refractivity contribution in [3.8, 4) is 5.88 Å². The largest absolute Gasteiger partial charge is 0.472 e. The maximum absolute atomic E-state index is 13.5. The Hall–Kier alpha value is -3.01. The van der Waals surface area contributed by atoms with Crippen molar-refractivity contribution in [1.29, 1.82) is 0 Å². The van der Waals surface area contributed by atoms with Crippen molar-refractivity contribution in [2.24, 2.45) is 0 Å². The SMILES string of the molecule is CS(F)(F)(F)(F)c1ccc(C(=O)N2CCn3nc(OCc4ccccc4)cc3C2)cc1. The maximum Gasteiger partial charge on any atom is 0.254 e. The predicted molar refractivity (Wildman–Crippen MR) is 110 cm³/mol. The van der Waals surface area contributed by atoms with Crippen molar-refractivity contribution < 1.29 is 25.1 Å². The number of carbonyl (C=O) groups excluding carboxylic acids is 1.